The molecule has 0 aromatic carbocycles. The number of nitrogens with zero attached hydrogens (tertiary/aromatic N) is 5. The van der Waals surface area contributed by atoms with E-state index in [0.717, 1.165) is 52.1 Å². The summed E-state index contributed by atoms with van der Waals surface area (Å²) < 4.78 is 0. The number of piperidine rings is 1. The maximum Gasteiger partial charge on any atom is 0.255 e. The van der Waals surface area contributed by atoms with Gasteiger partial charge in [0.2, 0.25) is 0 Å². The van der Waals surface area contributed by atoms with Crippen molar-refractivity contribution in [2.45, 2.75) is 51.6 Å². The van der Waals surface area contributed by atoms with Gasteiger partial charge in [-0.3, -0.25) is 9.79 Å². The summed E-state index contributed by atoms with van der Waals surface area (Å²) in [4.78, 5) is 34.1. The number of anilines is 2. The van der Waals surface area contributed by atoms with E-state index >= 15 is 0 Å². The zero-order chi connectivity index (χ0) is 22.9. The molecule has 2 aliphatic rings. The molecule has 0 aliphatic carbocycles. The minimum Gasteiger partial charge on any atom is -0.332 e. The highest BCUT2D eigenvalue weighted by atomic mass is 32.1. The van der Waals surface area contributed by atoms with E-state index in [-0.39, 0.29) is 18.0 Å². The molecule has 5 rings (SSSR count). The summed E-state index contributed by atoms with van der Waals surface area (Å²) in [5.74, 6) is 0.757. The smallest absolute Gasteiger partial charge is 0.255 e. The zero-order valence-corrected chi connectivity index (χ0v) is 20.5. The van der Waals surface area contributed by atoms with Crippen LogP contribution in [0.2, 0.25) is 0 Å². The van der Waals surface area contributed by atoms with E-state index in [4.69, 9.17) is 0 Å². The molecule has 9 heteroatoms. The third kappa shape index (κ3) is 4.47. The molecule has 170 valence electrons. The maximum absolute atomic E-state index is 13.2. The molecular formula is C24H26N6OS2. The van der Waals surface area contributed by atoms with Gasteiger partial charge in [-0.2, -0.15) is 0 Å². The first-order chi connectivity index (χ1) is 16.0. The van der Waals surface area contributed by atoms with E-state index in [1.807, 2.05) is 37.6 Å². The monoisotopic (exact) mass is 478 g/mol. The van der Waals surface area contributed by atoms with Crippen LogP contribution in [0.5, 0.6) is 0 Å². The van der Waals surface area contributed by atoms with Gasteiger partial charge in [0, 0.05) is 36.9 Å². The van der Waals surface area contributed by atoms with Crippen molar-refractivity contribution < 1.29 is 4.79 Å². The number of allylic oxidation sites excluding steroid dienone is 1. The minimum absolute atomic E-state index is 0.0809. The summed E-state index contributed by atoms with van der Waals surface area (Å²) in [6.45, 7) is 4.01. The van der Waals surface area contributed by atoms with Gasteiger partial charge in [-0.05, 0) is 57.7 Å². The van der Waals surface area contributed by atoms with Gasteiger partial charge < -0.3 is 10.2 Å². The van der Waals surface area contributed by atoms with Crippen molar-refractivity contribution in [1.29, 1.82) is 0 Å². The second kappa shape index (κ2) is 9.15. The number of fused-ring (bicyclic) bond motifs is 2. The molecule has 3 aromatic rings. The van der Waals surface area contributed by atoms with Gasteiger partial charge in [0.05, 0.1) is 26.8 Å². The molecule has 2 atom stereocenters. The molecular weight excluding hydrogens is 452 g/mol. The Bertz CT molecular complexity index is 1210. The third-order valence-corrected chi connectivity index (χ3v) is 8.05. The first-order valence-electron chi connectivity index (χ1n) is 11.1. The second-order valence-corrected chi connectivity index (χ2v) is 10.5. The van der Waals surface area contributed by atoms with Crippen molar-refractivity contribution in [3.63, 3.8) is 0 Å². The Morgan fingerprint density at radius 1 is 1.21 bits per heavy atom. The molecule has 7 nitrogen and oxygen atoms in total. The lowest BCUT2D eigenvalue weighted by Crippen LogP contribution is -2.44. The Morgan fingerprint density at radius 2 is 2.00 bits per heavy atom. The van der Waals surface area contributed by atoms with Crippen molar-refractivity contribution in [1.82, 2.24) is 19.9 Å². The minimum atomic E-state index is 0.0809. The molecule has 2 fully saturated rings. The Hall–Kier alpha value is -2.91. The molecule has 0 radical (unpaired) electrons. The number of aliphatic imine (C=N–C) groups is 1. The topological polar surface area (TPSA) is 83.4 Å². The summed E-state index contributed by atoms with van der Waals surface area (Å²) >= 11 is 3.18. The first-order valence-corrected chi connectivity index (χ1v) is 12.8. The zero-order valence-electron chi connectivity index (χ0n) is 18.9. The summed E-state index contributed by atoms with van der Waals surface area (Å²) in [5, 5.41) is 7.09. The third-order valence-electron chi connectivity index (χ3n) is 6.20. The highest BCUT2D eigenvalue weighted by Crippen LogP contribution is 2.39. The van der Waals surface area contributed by atoms with Crippen LogP contribution in [0.4, 0.5) is 10.9 Å². The maximum atomic E-state index is 13.2. The lowest BCUT2D eigenvalue weighted by molar-refractivity contribution is 0.0634. The van der Waals surface area contributed by atoms with Crippen molar-refractivity contribution in [3.8, 4) is 10.6 Å². The number of nitrogens with one attached hydrogen (secondary N) is 1. The second-order valence-electron chi connectivity index (χ2n) is 8.48. The number of aryl methyl sites for hydroxylation is 2. The molecule has 1 N–H and O–H groups in total. The Kier molecular flexibility index (Phi) is 6.07. The van der Waals surface area contributed by atoms with Crippen LogP contribution in [0.3, 0.4) is 0 Å². The van der Waals surface area contributed by atoms with E-state index in [2.05, 4.69) is 36.2 Å². The standard InChI is InChI=1S/C24H26N6OS2/c1-14-22(33-15(2)27-14)20-13-32-24(28-20)29-21-7-4-17(12-26-21)23(31)30-18-5-6-19(30)11-16(10-18)8-9-25-3/h4,7-9,12-13,18-19H,5-6,10-11H2,1-3H3,(H,26,28,29)/b16-8-,25-9+/t18-,19+/m0/s1. The predicted molar refractivity (Wildman–Crippen MR) is 135 cm³/mol. The average Bonchev–Trinajstić information content (AvgIpc) is 3.47. The number of rotatable bonds is 5. The fourth-order valence-electron chi connectivity index (χ4n) is 4.76. The summed E-state index contributed by atoms with van der Waals surface area (Å²) in [7, 11) is 1.78. The van der Waals surface area contributed by atoms with Crippen LogP contribution in [-0.4, -0.2) is 51.1 Å². The number of thiazole rings is 2. The van der Waals surface area contributed by atoms with Gasteiger partial charge >= 0.3 is 0 Å². The van der Waals surface area contributed by atoms with Crippen molar-refractivity contribution in [2.24, 2.45) is 4.99 Å². The Morgan fingerprint density at radius 3 is 2.64 bits per heavy atom. The fourth-order valence-corrected chi connectivity index (χ4v) is 6.42. The summed E-state index contributed by atoms with van der Waals surface area (Å²) in [6.07, 6.45) is 9.64. The first kappa shape index (κ1) is 21.9. The average molecular weight is 479 g/mol. The highest BCUT2D eigenvalue weighted by molar-refractivity contribution is 7.16. The van der Waals surface area contributed by atoms with Crippen LogP contribution >= 0.6 is 22.7 Å². The number of carbonyl (C=O) groups excluding carboxylic acids is 1. The van der Waals surface area contributed by atoms with Gasteiger partial charge in [-0.1, -0.05) is 5.57 Å². The van der Waals surface area contributed by atoms with Crippen LogP contribution in [0.15, 0.2) is 40.4 Å². The van der Waals surface area contributed by atoms with Crippen molar-refractivity contribution in [3.05, 3.63) is 51.6 Å². The molecule has 2 aliphatic heterocycles. The molecule has 33 heavy (non-hydrogen) atoms. The number of hydrogen-bond acceptors (Lipinski definition) is 8. The molecule has 5 heterocycles. The quantitative estimate of drug-likeness (QED) is 0.495. The van der Waals surface area contributed by atoms with Gasteiger partial charge in [0.1, 0.15) is 5.82 Å². The highest BCUT2D eigenvalue weighted by Gasteiger charge is 2.41. The van der Waals surface area contributed by atoms with E-state index in [0.29, 0.717) is 11.4 Å². The number of pyridine rings is 1. The summed E-state index contributed by atoms with van der Waals surface area (Å²) in [5.41, 5.74) is 3.96. The molecule has 3 aromatic heterocycles. The van der Waals surface area contributed by atoms with Gasteiger partial charge in [-0.15, -0.1) is 22.7 Å². The molecule has 0 spiro atoms. The molecule has 1 amide bonds. The Labute approximate surface area is 201 Å². The van der Waals surface area contributed by atoms with Gasteiger partial charge in [-0.25, -0.2) is 15.0 Å². The van der Waals surface area contributed by atoms with Crippen molar-refractivity contribution >= 4 is 45.7 Å². The van der Waals surface area contributed by atoms with Gasteiger partial charge in [0.15, 0.2) is 5.13 Å². The number of aromatic nitrogens is 3. The van der Waals surface area contributed by atoms with Crippen LogP contribution < -0.4 is 5.32 Å². The van der Waals surface area contributed by atoms with Crippen LogP contribution in [0.1, 0.15) is 46.7 Å². The largest absolute Gasteiger partial charge is 0.332 e. The van der Waals surface area contributed by atoms with E-state index < -0.39 is 0 Å². The van der Waals surface area contributed by atoms with Crippen LogP contribution in [-0.2, 0) is 0 Å². The molecule has 2 saturated heterocycles. The molecule has 0 unspecified atom stereocenters. The van der Waals surface area contributed by atoms with Crippen molar-refractivity contribution in [2.75, 3.05) is 12.4 Å². The number of amides is 1. The number of hydrogen-bond donors (Lipinski definition) is 1. The fraction of sp³-hybridized carbons (Fsp3) is 0.375. The van der Waals surface area contributed by atoms with E-state index in [1.165, 1.54) is 16.9 Å². The SMILES string of the molecule is C/N=C/C=C1\C[C@H]2CC[C@@H](C1)N2C(=O)c1ccc(Nc2nc(-c3sc(C)nc3C)cs2)nc1. The van der Waals surface area contributed by atoms with Crippen LogP contribution in [0, 0.1) is 13.8 Å². The molecule has 2 bridgehead atoms. The van der Waals surface area contributed by atoms with Gasteiger partial charge in [0.25, 0.3) is 5.91 Å². The predicted octanol–water partition coefficient (Wildman–Crippen LogP) is 5.42. The molecule has 0 saturated carbocycles. The van der Waals surface area contributed by atoms with E-state index in [9.17, 15) is 4.79 Å². The Balaban J connectivity index is 1.26. The van der Waals surface area contributed by atoms with Crippen LogP contribution in [0.25, 0.3) is 10.6 Å². The van der Waals surface area contributed by atoms with E-state index in [1.54, 1.807) is 24.6 Å². The normalized spacial score (nSPS) is 21.3. The number of carbonyl (C=O) groups is 1. The summed E-state index contributed by atoms with van der Waals surface area (Å²) in [6, 6.07) is 4.26. The lowest BCUT2D eigenvalue weighted by Gasteiger charge is -2.36. The lowest BCUT2D eigenvalue weighted by atomic mass is 9.95.